The molecule has 3 N–H and O–H groups in total. The van der Waals surface area contributed by atoms with Crippen LogP contribution in [0.1, 0.15) is 29.6 Å². The number of halogens is 4. The van der Waals surface area contributed by atoms with Gasteiger partial charge in [-0.3, -0.25) is 13.9 Å². The second kappa shape index (κ2) is 9.09. The van der Waals surface area contributed by atoms with Crippen molar-refractivity contribution < 1.29 is 30.8 Å². The number of anilines is 3. The first-order valence-electron chi connectivity index (χ1n) is 9.74. The van der Waals surface area contributed by atoms with E-state index in [9.17, 15) is 30.8 Å². The number of hydrogen-bond acceptors (Lipinski definition) is 7. The van der Waals surface area contributed by atoms with Crippen molar-refractivity contribution in [3.63, 3.8) is 0 Å². The van der Waals surface area contributed by atoms with E-state index in [1.807, 2.05) is 5.32 Å². The van der Waals surface area contributed by atoms with E-state index in [2.05, 4.69) is 15.3 Å². The first-order chi connectivity index (χ1) is 15.7. The minimum atomic E-state index is -4.23. The van der Waals surface area contributed by atoms with Crippen molar-refractivity contribution in [1.29, 1.82) is 0 Å². The van der Waals surface area contributed by atoms with Gasteiger partial charge >= 0.3 is 0 Å². The van der Waals surface area contributed by atoms with Crippen molar-refractivity contribution in [3.05, 3.63) is 40.8 Å². The van der Waals surface area contributed by atoms with E-state index in [0.29, 0.717) is 16.6 Å². The Hall–Kier alpha value is -3.00. The molecule has 8 nitrogen and oxygen atoms in total. The number of carbonyl (C=O) groups is 1. The van der Waals surface area contributed by atoms with Crippen LogP contribution in [0.25, 0.3) is 10.2 Å². The molecule has 0 atom stereocenters. The molecule has 14 heteroatoms. The predicted molar refractivity (Wildman–Crippen MR) is 116 cm³/mol. The fourth-order valence-corrected chi connectivity index (χ4v) is 4.99. The lowest BCUT2D eigenvalue weighted by Gasteiger charge is -2.13. The average molecular weight is 504 g/mol. The Morgan fingerprint density at radius 3 is 2.64 bits per heavy atom. The van der Waals surface area contributed by atoms with Crippen molar-refractivity contribution in [3.8, 4) is 0 Å². The Kier molecular flexibility index (Phi) is 6.38. The van der Waals surface area contributed by atoms with Crippen LogP contribution in [0.3, 0.4) is 0 Å². The van der Waals surface area contributed by atoms with E-state index in [1.54, 1.807) is 4.72 Å². The van der Waals surface area contributed by atoms with Gasteiger partial charge in [0.1, 0.15) is 17.8 Å². The number of fused-ring (bicyclic) bond motifs is 1. The first kappa shape index (κ1) is 23.2. The Bertz CT molecular complexity index is 1330. The van der Waals surface area contributed by atoms with E-state index in [0.717, 1.165) is 24.2 Å². The van der Waals surface area contributed by atoms with Crippen molar-refractivity contribution in [2.75, 3.05) is 27.8 Å². The van der Waals surface area contributed by atoms with Crippen molar-refractivity contribution >= 4 is 54.7 Å². The van der Waals surface area contributed by atoms with Crippen LogP contribution in [0.5, 0.6) is 0 Å². The molecule has 0 spiro atoms. The lowest BCUT2D eigenvalue weighted by atomic mass is 10.2. The lowest BCUT2D eigenvalue weighted by molar-refractivity contribution is 0.102. The third kappa shape index (κ3) is 5.00. The zero-order valence-electron chi connectivity index (χ0n) is 16.8. The van der Waals surface area contributed by atoms with Crippen LogP contribution in [-0.2, 0) is 10.0 Å². The second-order valence-electron chi connectivity index (χ2n) is 7.29. The molecule has 1 aliphatic carbocycles. The van der Waals surface area contributed by atoms with Gasteiger partial charge in [0.25, 0.3) is 5.91 Å². The smallest absolute Gasteiger partial charge is 0.258 e. The summed E-state index contributed by atoms with van der Waals surface area (Å²) >= 11 is 1.15. The summed E-state index contributed by atoms with van der Waals surface area (Å²) in [5.74, 6) is -5.98. The number of alkyl halides is 1. The third-order valence-corrected chi connectivity index (χ3v) is 7.06. The van der Waals surface area contributed by atoms with Gasteiger partial charge in [0.15, 0.2) is 17.5 Å². The van der Waals surface area contributed by atoms with E-state index < -0.39 is 57.2 Å². The predicted octanol–water partition coefficient (Wildman–Crippen LogP) is 4.04. The third-order valence-electron chi connectivity index (χ3n) is 4.72. The molecule has 0 saturated heterocycles. The zero-order chi connectivity index (χ0) is 23.8. The number of carbonyl (C=O) groups excluding carboxylic acids is 1. The minimum absolute atomic E-state index is 0.0237. The topological polar surface area (TPSA) is 113 Å². The normalized spacial score (nSPS) is 13.8. The number of amides is 1. The van der Waals surface area contributed by atoms with Gasteiger partial charge in [-0.1, -0.05) is 0 Å². The second-order valence-corrected chi connectivity index (χ2v) is 10.0. The van der Waals surface area contributed by atoms with Gasteiger partial charge < -0.3 is 10.6 Å². The molecule has 2 heterocycles. The molecule has 0 bridgehead atoms. The Morgan fingerprint density at radius 1 is 1.18 bits per heavy atom. The molecule has 4 rings (SSSR count). The highest BCUT2D eigenvalue weighted by atomic mass is 32.2. The maximum Gasteiger partial charge on any atom is 0.258 e. The van der Waals surface area contributed by atoms with E-state index in [1.165, 1.54) is 11.7 Å². The Morgan fingerprint density at radius 2 is 1.94 bits per heavy atom. The highest BCUT2D eigenvalue weighted by Crippen LogP contribution is 2.34. The van der Waals surface area contributed by atoms with Crippen LogP contribution in [0, 0.1) is 17.5 Å². The van der Waals surface area contributed by atoms with Crippen LogP contribution < -0.4 is 15.4 Å². The van der Waals surface area contributed by atoms with Crippen LogP contribution >= 0.6 is 11.3 Å². The Balaban J connectivity index is 1.63. The minimum Gasteiger partial charge on any atom is -0.366 e. The van der Waals surface area contributed by atoms with Gasteiger partial charge in [-0.25, -0.2) is 31.6 Å². The van der Waals surface area contributed by atoms with Gasteiger partial charge in [0, 0.05) is 17.5 Å². The molecule has 3 aromatic rings. The van der Waals surface area contributed by atoms with Crippen LogP contribution in [0.4, 0.5) is 34.8 Å². The van der Waals surface area contributed by atoms with Crippen molar-refractivity contribution in [1.82, 2.24) is 9.97 Å². The molecule has 1 aliphatic rings. The zero-order valence-corrected chi connectivity index (χ0v) is 18.4. The molecule has 1 amide bonds. The molecule has 176 valence electrons. The number of sulfonamides is 1. The molecular weight excluding hydrogens is 486 g/mol. The molecule has 1 fully saturated rings. The van der Waals surface area contributed by atoms with Crippen molar-refractivity contribution in [2.45, 2.75) is 25.3 Å². The molecule has 33 heavy (non-hydrogen) atoms. The summed E-state index contributed by atoms with van der Waals surface area (Å²) in [4.78, 5) is 21.0. The number of hydrogen-bond donors (Lipinski definition) is 3. The SMILES string of the molecule is O=C(Nc1c(F)c(F)cc(NS(=O)(=O)CCCF)c1F)c1csc2c(NC3CC3)ncnc12. The molecule has 1 saturated carbocycles. The molecule has 0 radical (unpaired) electrons. The highest BCUT2D eigenvalue weighted by Gasteiger charge is 2.26. The van der Waals surface area contributed by atoms with Crippen LogP contribution in [-0.4, -0.2) is 42.8 Å². The number of rotatable bonds is 9. The van der Waals surface area contributed by atoms with Gasteiger partial charge in [-0.2, -0.15) is 0 Å². The summed E-state index contributed by atoms with van der Waals surface area (Å²) in [5, 5.41) is 6.58. The van der Waals surface area contributed by atoms with E-state index in [-0.39, 0.29) is 23.5 Å². The molecular formula is C19H17F4N5O3S2. The molecule has 0 aliphatic heterocycles. The summed E-state index contributed by atoms with van der Waals surface area (Å²) in [6.07, 6.45) is 2.85. The van der Waals surface area contributed by atoms with Gasteiger partial charge in [0.2, 0.25) is 10.0 Å². The van der Waals surface area contributed by atoms with Crippen molar-refractivity contribution in [2.24, 2.45) is 0 Å². The molecule has 1 aromatic carbocycles. The highest BCUT2D eigenvalue weighted by molar-refractivity contribution is 7.92. The standard InChI is InChI=1S/C19H17F4N5O3S2/c20-4-1-5-33(30,31)28-12-6-11(21)13(22)16(14(12)23)27-19(29)10-7-32-17-15(10)24-8-25-18(17)26-9-2-3-9/h6-9,28H,1-5H2,(H,27,29)(H,24,25,26). The van der Waals surface area contributed by atoms with Gasteiger partial charge in [0.05, 0.1) is 33.9 Å². The number of nitrogens with zero attached hydrogens (tertiary/aromatic N) is 2. The summed E-state index contributed by atoms with van der Waals surface area (Å²) in [7, 11) is -4.23. The maximum atomic E-state index is 14.8. The molecule has 2 aromatic heterocycles. The Labute approximate surface area is 189 Å². The van der Waals surface area contributed by atoms with Gasteiger partial charge in [-0.15, -0.1) is 11.3 Å². The van der Waals surface area contributed by atoms with Crippen LogP contribution in [0.2, 0.25) is 0 Å². The fraction of sp³-hybridized carbons (Fsp3) is 0.316. The largest absolute Gasteiger partial charge is 0.366 e. The molecule has 0 unspecified atom stereocenters. The summed E-state index contributed by atoms with van der Waals surface area (Å²) in [6.45, 7) is -0.932. The quantitative estimate of drug-likeness (QED) is 0.300. The average Bonchev–Trinajstić information content (AvgIpc) is 3.48. The van der Waals surface area contributed by atoms with Crippen LogP contribution in [0.15, 0.2) is 17.8 Å². The summed E-state index contributed by atoms with van der Waals surface area (Å²) < 4.78 is 81.6. The monoisotopic (exact) mass is 503 g/mol. The van der Waals surface area contributed by atoms with Gasteiger partial charge in [-0.05, 0) is 19.3 Å². The number of nitrogens with one attached hydrogen (secondary N) is 3. The number of aromatic nitrogens is 2. The number of benzene rings is 1. The lowest BCUT2D eigenvalue weighted by Crippen LogP contribution is -2.20. The fourth-order valence-electron chi connectivity index (χ4n) is 2.97. The maximum absolute atomic E-state index is 14.8. The first-order valence-corrected chi connectivity index (χ1v) is 12.3. The van der Waals surface area contributed by atoms with E-state index in [4.69, 9.17) is 0 Å². The summed E-state index contributed by atoms with van der Waals surface area (Å²) in [6, 6.07) is 0.584. The van der Waals surface area contributed by atoms with E-state index >= 15 is 0 Å². The number of thiophene rings is 1. The summed E-state index contributed by atoms with van der Waals surface area (Å²) in [5.41, 5.74) is -1.88.